The number of aryl methyl sites for hydroxylation is 1. The lowest BCUT2D eigenvalue weighted by Gasteiger charge is -2.15. The van der Waals surface area contributed by atoms with Crippen LogP contribution in [0.25, 0.3) is 0 Å². The van der Waals surface area contributed by atoms with Crippen molar-refractivity contribution in [1.29, 1.82) is 0 Å². The van der Waals surface area contributed by atoms with Crippen molar-refractivity contribution in [3.8, 4) is 5.75 Å². The number of hydrogen-bond donors (Lipinski definition) is 2. The van der Waals surface area contributed by atoms with E-state index in [-0.39, 0.29) is 23.2 Å². The van der Waals surface area contributed by atoms with Crippen molar-refractivity contribution >= 4 is 21.8 Å². The average Bonchev–Trinajstić information content (AvgIpc) is 2.41. The number of benzene rings is 2. The van der Waals surface area contributed by atoms with E-state index in [0.29, 0.717) is 15.6 Å². The number of carbonyl (C=O) groups excluding carboxylic acids is 1. The molecule has 1 unspecified atom stereocenters. The van der Waals surface area contributed by atoms with Gasteiger partial charge in [0, 0.05) is 4.47 Å². The van der Waals surface area contributed by atoms with E-state index in [1.807, 2.05) is 0 Å². The molecule has 1 amide bonds. The van der Waals surface area contributed by atoms with E-state index in [4.69, 9.17) is 0 Å². The number of phenols is 1. The molecule has 0 aliphatic heterocycles. The standard InChI is InChI=1S/C16H15BrFNO2/c1-9-3-4-11(7-14(9)18)10(2)19-16(21)13-6-5-12(17)8-15(13)20/h3-8,10,20H,1-2H3,(H,19,21). The Hall–Kier alpha value is -1.88. The summed E-state index contributed by atoms with van der Waals surface area (Å²) in [7, 11) is 0. The lowest BCUT2D eigenvalue weighted by atomic mass is 10.1. The van der Waals surface area contributed by atoms with Gasteiger partial charge in [0.15, 0.2) is 0 Å². The fourth-order valence-corrected chi connectivity index (χ4v) is 2.28. The molecular formula is C16H15BrFNO2. The predicted molar refractivity (Wildman–Crippen MR) is 82.8 cm³/mol. The van der Waals surface area contributed by atoms with E-state index in [9.17, 15) is 14.3 Å². The van der Waals surface area contributed by atoms with Gasteiger partial charge in [-0.05, 0) is 49.2 Å². The number of amides is 1. The number of rotatable bonds is 3. The Bertz CT molecular complexity index is 688. The highest BCUT2D eigenvalue weighted by molar-refractivity contribution is 9.10. The average molecular weight is 352 g/mol. The quantitative estimate of drug-likeness (QED) is 0.874. The summed E-state index contributed by atoms with van der Waals surface area (Å²) in [5.74, 6) is -0.822. The summed E-state index contributed by atoms with van der Waals surface area (Å²) < 4.78 is 14.2. The third-order valence-corrected chi connectivity index (χ3v) is 3.74. The van der Waals surface area contributed by atoms with Crippen LogP contribution in [-0.2, 0) is 0 Å². The molecule has 0 aliphatic carbocycles. The largest absolute Gasteiger partial charge is 0.507 e. The molecule has 0 spiro atoms. The van der Waals surface area contributed by atoms with Gasteiger partial charge in [0.05, 0.1) is 11.6 Å². The van der Waals surface area contributed by atoms with Gasteiger partial charge in [0.2, 0.25) is 0 Å². The molecule has 5 heteroatoms. The van der Waals surface area contributed by atoms with Gasteiger partial charge in [-0.25, -0.2) is 4.39 Å². The van der Waals surface area contributed by atoms with E-state index in [2.05, 4.69) is 21.2 Å². The molecule has 2 aromatic rings. The first kappa shape index (κ1) is 15.5. The zero-order valence-corrected chi connectivity index (χ0v) is 13.2. The molecule has 3 nitrogen and oxygen atoms in total. The van der Waals surface area contributed by atoms with E-state index >= 15 is 0 Å². The van der Waals surface area contributed by atoms with Crippen molar-refractivity contribution < 1.29 is 14.3 Å². The number of halogens is 2. The van der Waals surface area contributed by atoms with Crippen molar-refractivity contribution in [2.24, 2.45) is 0 Å². The number of hydrogen-bond acceptors (Lipinski definition) is 2. The first-order valence-electron chi connectivity index (χ1n) is 6.44. The third-order valence-electron chi connectivity index (χ3n) is 3.25. The molecule has 0 bridgehead atoms. The number of aromatic hydroxyl groups is 1. The van der Waals surface area contributed by atoms with Gasteiger partial charge < -0.3 is 10.4 Å². The molecule has 0 fully saturated rings. The molecule has 110 valence electrons. The van der Waals surface area contributed by atoms with Crippen LogP contribution in [0, 0.1) is 12.7 Å². The second-order valence-corrected chi connectivity index (χ2v) is 5.78. The summed E-state index contributed by atoms with van der Waals surface area (Å²) in [6.45, 7) is 3.44. The first-order valence-corrected chi connectivity index (χ1v) is 7.23. The summed E-state index contributed by atoms with van der Waals surface area (Å²) >= 11 is 3.21. The fourth-order valence-electron chi connectivity index (χ4n) is 1.93. The Kier molecular flexibility index (Phi) is 4.63. The Balaban J connectivity index is 2.16. The van der Waals surface area contributed by atoms with Crippen LogP contribution in [0.2, 0.25) is 0 Å². The van der Waals surface area contributed by atoms with Crippen LogP contribution in [0.3, 0.4) is 0 Å². The lowest BCUT2D eigenvalue weighted by molar-refractivity contribution is 0.0937. The van der Waals surface area contributed by atoms with Crippen LogP contribution in [0.4, 0.5) is 4.39 Å². The van der Waals surface area contributed by atoms with Gasteiger partial charge >= 0.3 is 0 Å². The molecule has 0 aromatic heterocycles. The molecule has 0 saturated heterocycles. The van der Waals surface area contributed by atoms with Gasteiger partial charge in [-0.3, -0.25) is 4.79 Å². The van der Waals surface area contributed by atoms with Crippen LogP contribution in [-0.4, -0.2) is 11.0 Å². The number of phenolic OH excluding ortho intramolecular Hbond substituents is 1. The maximum absolute atomic E-state index is 13.6. The number of carbonyl (C=O) groups is 1. The monoisotopic (exact) mass is 351 g/mol. The molecule has 0 aliphatic rings. The highest BCUT2D eigenvalue weighted by Crippen LogP contribution is 2.23. The Morgan fingerprint density at radius 3 is 2.62 bits per heavy atom. The van der Waals surface area contributed by atoms with Crippen LogP contribution < -0.4 is 5.32 Å². The lowest BCUT2D eigenvalue weighted by Crippen LogP contribution is -2.26. The summed E-state index contributed by atoms with van der Waals surface area (Å²) in [5, 5.41) is 12.5. The number of nitrogens with one attached hydrogen (secondary N) is 1. The predicted octanol–water partition coefficient (Wildman–Crippen LogP) is 4.09. The van der Waals surface area contributed by atoms with Gasteiger partial charge in [-0.1, -0.05) is 28.1 Å². The highest BCUT2D eigenvalue weighted by Gasteiger charge is 2.15. The van der Waals surface area contributed by atoms with Crippen LogP contribution in [0.15, 0.2) is 40.9 Å². The van der Waals surface area contributed by atoms with Crippen LogP contribution >= 0.6 is 15.9 Å². The van der Waals surface area contributed by atoms with Gasteiger partial charge in [-0.15, -0.1) is 0 Å². The highest BCUT2D eigenvalue weighted by atomic mass is 79.9. The third kappa shape index (κ3) is 3.61. The van der Waals surface area contributed by atoms with Gasteiger partial charge in [0.1, 0.15) is 11.6 Å². The first-order chi connectivity index (χ1) is 9.88. The summed E-state index contributed by atoms with van der Waals surface area (Å²) in [4.78, 5) is 12.1. The van der Waals surface area contributed by atoms with E-state index in [1.165, 1.54) is 18.2 Å². The van der Waals surface area contributed by atoms with Gasteiger partial charge in [-0.2, -0.15) is 0 Å². The zero-order chi connectivity index (χ0) is 15.6. The summed E-state index contributed by atoms with van der Waals surface area (Å²) in [5.41, 5.74) is 1.41. The van der Waals surface area contributed by atoms with Crippen molar-refractivity contribution in [3.05, 3.63) is 63.4 Å². The SMILES string of the molecule is Cc1ccc(C(C)NC(=O)c2ccc(Br)cc2O)cc1F. The Labute approximate surface area is 130 Å². The van der Waals surface area contributed by atoms with Crippen LogP contribution in [0.5, 0.6) is 5.75 Å². The van der Waals surface area contributed by atoms with Crippen LogP contribution in [0.1, 0.15) is 34.5 Å². The summed E-state index contributed by atoms with van der Waals surface area (Å²) in [6, 6.07) is 9.13. The minimum atomic E-state index is -0.409. The minimum Gasteiger partial charge on any atom is -0.507 e. The molecule has 0 saturated carbocycles. The fraction of sp³-hybridized carbons (Fsp3) is 0.188. The van der Waals surface area contributed by atoms with Gasteiger partial charge in [0.25, 0.3) is 5.91 Å². The minimum absolute atomic E-state index is 0.107. The molecule has 0 radical (unpaired) electrons. The molecular weight excluding hydrogens is 337 g/mol. The Morgan fingerprint density at radius 1 is 1.29 bits per heavy atom. The van der Waals surface area contributed by atoms with E-state index in [0.717, 1.165) is 0 Å². The van der Waals surface area contributed by atoms with Crippen molar-refractivity contribution in [1.82, 2.24) is 5.32 Å². The topological polar surface area (TPSA) is 49.3 Å². The molecule has 2 rings (SSSR count). The molecule has 1 atom stereocenters. The smallest absolute Gasteiger partial charge is 0.255 e. The summed E-state index contributed by atoms with van der Waals surface area (Å²) in [6.07, 6.45) is 0. The van der Waals surface area contributed by atoms with Crippen molar-refractivity contribution in [2.75, 3.05) is 0 Å². The Morgan fingerprint density at radius 2 is 2.00 bits per heavy atom. The molecule has 0 heterocycles. The van der Waals surface area contributed by atoms with E-state index in [1.54, 1.807) is 32.0 Å². The van der Waals surface area contributed by atoms with E-state index < -0.39 is 5.91 Å². The maximum atomic E-state index is 13.6. The molecule has 2 N–H and O–H groups in total. The van der Waals surface area contributed by atoms with Crippen molar-refractivity contribution in [3.63, 3.8) is 0 Å². The second-order valence-electron chi connectivity index (χ2n) is 4.87. The zero-order valence-electron chi connectivity index (χ0n) is 11.7. The normalized spacial score (nSPS) is 12.0. The maximum Gasteiger partial charge on any atom is 0.255 e. The second kappa shape index (κ2) is 6.26. The molecule has 2 aromatic carbocycles. The molecule has 21 heavy (non-hydrogen) atoms. The van der Waals surface area contributed by atoms with Crippen molar-refractivity contribution in [2.45, 2.75) is 19.9 Å².